The highest BCUT2D eigenvalue weighted by molar-refractivity contribution is 6.21. The van der Waals surface area contributed by atoms with Crippen LogP contribution in [0.3, 0.4) is 0 Å². The molecule has 1 atom stereocenters. The number of fused-ring (bicyclic) bond motifs is 1. The van der Waals surface area contributed by atoms with Gasteiger partial charge in [0.05, 0.1) is 13.5 Å². The molecule has 8 heteroatoms. The number of amidine groups is 1. The zero-order valence-corrected chi connectivity index (χ0v) is 10.0. The van der Waals surface area contributed by atoms with Crippen molar-refractivity contribution >= 4 is 30.1 Å². The Labute approximate surface area is 103 Å². The van der Waals surface area contributed by atoms with Gasteiger partial charge in [-0.15, -0.1) is 0 Å². The summed E-state index contributed by atoms with van der Waals surface area (Å²) in [4.78, 5) is 40.8. The molecule has 0 aromatic rings. The molecule has 0 bridgehead atoms. The van der Waals surface area contributed by atoms with Crippen LogP contribution in [-0.2, 0) is 9.59 Å². The molecule has 3 amide bonds. The summed E-state index contributed by atoms with van der Waals surface area (Å²) in [6.45, 7) is -0.130. The van der Waals surface area contributed by atoms with Crippen LogP contribution in [0.1, 0.15) is 6.42 Å². The second-order valence-corrected chi connectivity index (χ2v) is 4.15. The first kappa shape index (κ1) is 12.2. The van der Waals surface area contributed by atoms with Crippen molar-refractivity contribution in [3.63, 3.8) is 0 Å². The van der Waals surface area contributed by atoms with E-state index in [1.54, 1.807) is 11.6 Å². The van der Waals surface area contributed by atoms with Gasteiger partial charge in [-0.1, -0.05) is 0 Å². The molecule has 2 aliphatic heterocycles. The first-order chi connectivity index (χ1) is 8.43. The monoisotopic (exact) mass is 253 g/mol. The largest absolute Gasteiger partial charge is 0.481 e. The third-order valence-corrected chi connectivity index (χ3v) is 2.93. The number of hydrogen-bond donors (Lipinski definition) is 1. The third-order valence-electron chi connectivity index (χ3n) is 2.93. The van der Waals surface area contributed by atoms with Crippen LogP contribution < -0.4 is 0 Å². The fourth-order valence-corrected chi connectivity index (χ4v) is 1.96. The van der Waals surface area contributed by atoms with Crippen molar-refractivity contribution in [2.24, 2.45) is 4.99 Å². The summed E-state index contributed by atoms with van der Waals surface area (Å²) in [6, 6.07) is -1.18. The number of carbonyl (C=O) groups is 3. The van der Waals surface area contributed by atoms with Crippen LogP contribution in [0.15, 0.2) is 4.99 Å². The van der Waals surface area contributed by atoms with Crippen molar-refractivity contribution in [3.05, 3.63) is 0 Å². The van der Waals surface area contributed by atoms with E-state index < -0.39 is 23.9 Å². The van der Waals surface area contributed by atoms with Crippen molar-refractivity contribution in [2.45, 2.75) is 12.5 Å². The lowest BCUT2D eigenvalue weighted by atomic mass is 10.1. The number of hydrogen-bond acceptors (Lipinski definition) is 4. The Morgan fingerprint density at radius 2 is 2.22 bits per heavy atom. The van der Waals surface area contributed by atoms with Crippen LogP contribution in [0.4, 0.5) is 4.79 Å². The van der Waals surface area contributed by atoms with Gasteiger partial charge in [-0.2, -0.15) is 0 Å². The normalized spacial score (nSPS) is 22.9. The Hall–Kier alpha value is -2.25. The third kappa shape index (κ3) is 1.75. The molecule has 0 radical (unpaired) electrons. The Morgan fingerprint density at radius 3 is 2.83 bits per heavy atom. The molecule has 2 heterocycles. The van der Waals surface area contributed by atoms with Crippen LogP contribution in [-0.4, -0.2) is 76.2 Å². The number of nitrogens with zero attached hydrogens (tertiary/aromatic N) is 4. The van der Waals surface area contributed by atoms with Crippen molar-refractivity contribution in [3.8, 4) is 0 Å². The average Bonchev–Trinajstić information content (AvgIpc) is 2.68. The molecule has 8 nitrogen and oxygen atoms in total. The van der Waals surface area contributed by atoms with Crippen LogP contribution in [0.25, 0.3) is 0 Å². The quantitative estimate of drug-likeness (QED) is 0.640. The van der Waals surface area contributed by atoms with Crippen molar-refractivity contribution < 1.29 is 24.1 Å². The molecule has 1 unspecified atom stereocenters. The van der Waals surface area contributed by atoms with Gasteiger partial charge in [0.1, 0.15) is 0 Å². The number of rotatable bonds is 3. The minimum atomic E-state index is -1.05. The molecule has 2 aliphatic rings. The van der Waals surface area contributed by atoms with Gasteiger partial charge in [0.2, 0.25) is 0 Å². The molecule has 0 aromatic heterocycles. The molecule has 0 aromatic carbocycles. The van der Waals surface area contributed by atoms with E-state index in [9.17, 15) is 14.4 Å². The van der Waals surface area contributed by atoms with Crippen LogP contribution in [0.2, 0.25) is 0 Å². The molecule has 0 saturated carbocycles. The van der Waals surface area contributed by atoms with Crippen LogP contribution >= 0.6 is 0 Å². The van der Waals surface area contributed by atoms with Gasteiger partial charge in [-0.3, -0.25) is 19.4 Å². The summed E-state index contributed by atoms with van der Waals surface area (Å²) in [5.74, 6) is -1.11. The van der Waals surface area contributed by atoms with E-state index in [1.165, 1.54) is 18.3 Å². The maximum atomic E-state index is 12.1. The highest BCUT2D eigenvalue weighted by Gasteiger charge is 2.50. The van der Waals surface area contributed by atoms with Gasteiger partial charge in [0, 0.05) is 13.6 Å². The van der Waals surface area contributed by atoms with E-state index >= 15 is 0 Å². The summed E-state index contributed by atoms with van der Waals surface area (Å²) >= 11 is 0. The van der Waals surface area contributed by atoms with Gasteiger partial charge in [0.25, 0.3) is 24.1 Å². The molecule has 1 saturated heterocycles. The number of imide groups is 1. The highest BCUT2D eigenvalue weighted by atomic mass is 16.4. The molecule has 2 rings (SSSR count). The Balaban J connectivity index is 2.24. The summed E-state index contributed by atoms with van der Waals surface area (Å²) in [5.41, 5.74) is 0. The lowest BCUT2D eigenvalue weighted by Gasteiger charge is -2.32. The van der Waals surface area contributed by atoms with Crippen molar-refractivity contribution in [2.75, 3.05) is 20.6 Å². The predicted molar refractivity (Wildman–Crippen MR) is 60.6 cm³/mol. The summed E-state index contributed by atoms with van der Waals surface area (Å²) in [5, 5.41) is 8.62. The van der Waals surface area contributed by atoms with Gasteiger partial charge in [0.15, 0.2) is 0 Å². The molecule has 1 N–H and O–H groups in total. The lowest BCUT2D eigenvalue weighted by Crippen LogP contribution is -2.62. The number of carbonyl (C=O) groups excluding carboxylic acids is 2. The van der Waals surface area contributed by atoms with E-state index in [4.69, 9.17) is 5.11 Å². The predicted octanol–water partition coefficient (Wildman–Crippen LogP) is -1.19. The Kier molecular flexibility index (Phi) is 2.85. The van der Waals surface area contributed by atoms with Crippen LogP contribution in [0, 0.1) is 0 Å². The van der Waals surface area contributed by atoms with Gasteiger partial charge in [-0.25, -0.2) is 9.37 Å². The number of aliphatic carboxylic acids is 1. The molecule has 96 valence electrons. The molecular weight excluding hydrogens is 240 g/mol. The van der Waals surface area contributed by atoms with Gasteiger partial charge < -0.3 is 5.11 Å². The summed E-state index contributed by atoms with van der Waals surface area (Å²) in [7, 11) is 3.19. The number of urea groups is 1. The van der Waals surface area contributed by atoms with Crippen molar-refractivity contribution in [1.29, 1.82) is 0 Å². The number of amides is 3. The molecule has 0 aliphatic carbocycles. The smallest absolute Gasteiger partial charge is 0.333 e. The zero-order chi connectivity index (χ0) is 13.4. The van der Waals surface area contributed by atoms with E-state index in [2.05, 4.69) is 4.99 Å². The Morgan fingerprint density at radius 1 is 1.56 bits per heavy atom. The van der Waals surface area contributed by atoms with Gasteiger partial charge >= 0.3 is 12.0 Å². The maximum Gasteiger partial charge on any atom is 0.333 e. The number of carboxylic acids is 1. The van der Waals surface area contributed by atoms with E-state index in [-0.39, 0.29) is 13.0 Å². The average molecular weight is 253 g/mol. The van der Waals surface area contributed by atoms with E-state index in [0.29, 0.717) is 5.84 Å². The first-order valence-electron chi connectivity index (χ1n) is 5.37. The van der Waals surface area contributed by atoms with Gasteiger partial charge in [-0.05, 0) is 4.99 Å². The maximum absolute atomic E-state index is 12.1. The summed E-state index contributed by atoms with van der Waals surface area (Å²) < 4.78 is 1.59. The Bertz CT molecular complexity index is 496. The SMILES string of the molecule is CN1C(=O)N(CCC(=O)O)C(=O)C2C1=NC=[N+]2C. The lowest BCUT2D eigenvalue weighted by molar-refractivity contribution is -0.500. The van der Waals surface area contributed by atoms with E-state index in [0.717, 1.165) is 4.90 Å². The zero-order valence-electron chi connectivity index (χ0n) is 10.0. The second kappa shape index (κ2) is 4.21. The fraction of sp³-hybridized carbons (Fsp3) is 0.500. The number of carboxylic acid groups (broad SMARTS) is 1. The minimum absolute atomic E-state index is 0.130. The van der Waals surface area contributed by atoms with E-state index in [1.807, 2.05) is 0 Å². The minimum Gasteiger partial charge on any atom is -0.481 e. The van der Waals surface area contributed by atoms with Crippen molar-refractivity contribution in [1.82, 2.24) is 9.80 Å². The number of likely N-dealkylation sites (N-methyl/N-ethyl adjacent to an activating group) is 2. The summed E-state index contributed by atoms with van der Waals surface area (Å²) in [6.07, 6.45) is 1.21. The highest BCUT2D eigenvalue weighted by Crippen LogP contribution is 2.17. The second-order valence-electron chi connectivity index (χ2n) is 4.15. The molecular formula is C10H13N4O4+. The number of aliphatic imine (C=N–C) groups is 1. The van der Waals surface area contributed by atoms with Crippen LogP contribution in [0.5, 0.6) is 0 Å². The topological polar surface area (TPSA) is 93.3 Å². The first-order valence-corrected chi connectivity index (χ1v) is 5.37. The fourth-order valence-electron chi connectivity index (χ4n) is 1.96. The molecule has 0 spiro atoms. The standard InChI is InChI=1S/C10H12N4O4/c1-12-5-11-8-7(12)9(17)14(4-3-6(15)16)10(18)13(8)2/h5,7H,3-4H2,1-2H3/p+1. The molecule has 18 heavy (non-hydrogen) atoms. The molecule has 1 fully saturated rings.